The fraction of sp³-hybridized carbons (Fsp3) is 0.238. The van der Waals surface area contributed by atoms with E-state index >= 15 is 0 Å². The third-order valence-electron chi connectivity index (χ3n) is 4.22. The van der Waals surface area contributed by atoms with Crippen LogP contribution in [0.1, 0.15) is 35.8 Å². The van der Waals surface area contributed by atoms with Crippen LogP contribution in [-0.2, 0) is 0 Å². The van der Waals surface area contributed by atoms with Crippen molar-refractivity contribution < 1.29 is 14.3 Å². The summed E-state index contributed by atoms with van der Waals surface area (Å²) in [5.74, 6) is 1.39. The number of methoxy groups -OCH3 is 2. The van der Waals surface area contributed by atoms with Crippen molar-refractivity contribution in [2.24, 2.45) is 0 Å². The molecule has 0 radical (unpaired) electrons. The number of hydrogen-bond acceptors (Lipinski definition) is 5. The van der Waals surface area contributed by atoms with E-state index in [-0.39, 0.29) is 5.91 Å². The van der Waals surface area contributed by atoms with Gasteiger partial charge in [-0.15, -0.1) is 11.3 Å². The average molecular weight is 382 g/mol. The van der Waals surface area contributed by atoms with Crippen LogP contribution < -0.4 is 14.8 Å². The second-order valence-corrected chi connectivity index (χ2v) is 7.19. The van der Waals surface area contributed by atoms with Crippen molar-refractivity contribution in [2.45, 2.75) is 19.8 Å². The fourth-order valence-corrected chi connectivity index (χ4v) is 3.42. The molecule has 0 spiro atoms. The van der Waals surface area contributed by atoms with Gasteiger partial charge in [0.1, 0.15) is 22.2 Å². The number of rotatable bonds is 6. The molecule has 1 aromatic heterocycles. The third-order valence-corrected chi connectivity index (χ3v) is 5.11. The van der Waals surface area contributed by atoms with E-state index in [0.29, 0.717) is 28.8 Å². The van der Waals surface area contributed by atoms with E-state index in [2.05, 4.69) is 36.3 Å². The smallest absolute Gasteiger partial charge is 0.275 e. The first-order chi connectivity index (χ1) is 13.0. The average Bonchev–Trinajstić information content (AvgIpc) is 3.18. The van der Waals surface area contributed by atoms with Gasteiger partial charge in [-0.25, -0.2) is 4.98 Å². The Kier molecular flexibility index (Phi) is 5.76. The molecule has 0 fully saturated rings. The quantitative estimate of drug-likeness (QED) is 0.636. The zero-order chi connectivity index (χ0) is 19.4. The first-order valence-electron chi connectivity index (χ1n) is 8.61. The van der Waals surface area contributed by atoms with E-state index in [1.165, 1.54) is 16.9 Å². The predicted molar refractivity (Wildman–Crippen MR) is 109 cm³/mol. The number of nitrogens with one attached hydrogen (secondary N) is 1. The molecule has 0 saturated heterocycles. The predicted octanol–water partition coefficient (Wildman–Crippen LogP) is 5.20. The van der Waals surface area contributed by atoms with Crippen LogP contribution in [0.4, 0.5) is 5.69 Å². The van der Waals surface area contributed by atoms with Crippen molar-refractivity contribution in [3.8, 4) is 22.1 Å². The van der Waals surface area contributed by atoms with Gasteiger partial charge in [0, 0.05) is 17.0 Å². The molecule has 27 heavy (non-hydrogen) atoms. The summed E-state index contributed by atoms with van der Waals surface area (Å²) < 4.78 is 10.5. The maximum Gasteiger partial charge on any atom is 0.275 e. The molecule has 0 saturated carbocycles. The van der Waals surface area contributed by atoms with Gasteiger partial charge in [-0.3, -0.25) is 4.79 Å². The van der Waals surface area contributed by atoms with Gasteiger partial charge in [-0.05, 0) is 23.6 Å². The highest BCUT2D eigenvalue weighted by Gasteiger charge is 2.15. The zero-order valence-electron chi connectivity index (χ0n) is 15.8. The van der Waals surface area contributed by atoms with Gasteiger partial charge in [0.2, 0.25) is 0 Å². The van der Waals surface area contributed by atoms with Gasteiger partial charge >= 0.3 is 0 Å². The number of anilines is 1. The van der Waals surface area contributed by atoms with Gasteiger partial charge in [-0.2, -0.15) is 0 Å². The number of benzene rings is 2. The number of ether oxygens (including phenoxy) is 2. The van der Waals surface area contributed by atoms with E-state index in [1.807, 2.05) is 12.1 Å². The molecule has 0 aliphatic rings. The zero-order valence-corrected chi connectivity index (χ0v) is 16.6. The molecule has 1 heterocycles. The standard InChI is InChI=1S/C21H22N2O3S/c1-13(2)14-5-7-15(8-6-14)21-23-18(12-27-21)20(24)22-17-10-9-16(25-3)11-19(17)26-4/h5-13H,1-4H3,(H,22,24). The monoisotopic (exact) mass is 382 g/mol. The molecule has 1 N–H and O–H groups in total. The molecular formula is C21H22N2O3S. The molecule has 3 rings (SSSR count). The second kappa shape index (κ2) is 8.22. The third kappa shape index (κ3) is 4.28. The van der Waals surface area contributed by atoms with E-state index in [1.54, 1.807) is 37.8 Å². The van der Waals surface area contributed by atoms with Crippen molar-refractivity contribution in [1.82, 2.24) is 4.98 Å². The van der Waals surface area contributed by atoms with E-state index in [4.69, 9.17) is 9.47 Å². The van der Waals surface area contributed by atoms with Crippen LogP contribution in [0.25, 0.3) is 10.6 Å². The molecule has 0 aliphatic heterocycles. The summed E-state index contributed by atoms with van der Waals surface area (Å²) in [6.45, 7) is 4.32. The summed E-state index contributed by atoms with van der Waals surface area (Å²) in [6, 6.07) is 13.5. The minimum atomic E-state index is -0.278. The number of carbonyl (C=O) groups excluding carboxylic acids is 1. The van der Waals surface area contributed by atoms with Crippen LogP contribution in [0.3, 0.4) is 0 Å². The number of carbonyl (C=O) groups is 1. The highest BCUT2D eigenvalue weighted by molar-refractivity contribution is 7.13. The number of hydrogen-bond donors (Lipinski definition) is 1. The Morgan fingerprint density at radius 3 is 2.44 bits per heavy atom. The largest absolute Gasteiger partial charge is 0.497 e. The molecule has 3 aromatic rings. The highest BCUT2D eigenvalue weighted by atomic mass is 32.1. The van der Waals surface area contributed by atoms with Crippen LogP contribution in [0.15, 0.2) is 47.8 Å². The number of thiazole rings is 1. The molecule has 6 heteroatoms. The Morgan fingerprint density at radius 1 is 1.07 bits per heavy atom. The van der Waals surface area contributed by atoms with Crippen molar-refractivity contribution in [3.63, 3.8) is 0 Å². The van der Waals surface area contributed by atoms with E-state index < -0.39 is 0 Å². The molecule has 0 bridgehead atoms. The lowest BCUT2D eigenvalue weighted by atomic mass is 10.0. The highest BCUT2D eigenvalue weighted by Crippen LogP contribution is 2.30. The molecule has 5 nitrogen and oxygen atoms in total. The fourth-order valence-electron chi connectivity index (χ4n) is 2.61. The number of aromatic nitrogens is 1. The van der Waals surface area contributed by atoms with Crippen LogP contribution in [-0.4, -0.2) is 25.1 Å². The van der Waals surface area contributed by atoms with Crippen LogP contribution in [0.2, 0.25) is 0 Å². The van der Waals surface area contributed by atoms with Crippen LogP contribution >= 0.6 is 11.3 Å². The van der Waals surface area contributed by atoms with Gasteiger partial charge < -0.3 is 14.8 Å². The summed E-state index contributed by atoms with van der Waals surface area (Å²) in [5.41, 5.74) is 3.23. The lowest BCUT2D eigenvalue weighted by Gasteiger charge is -2.10. The molecule has 1 amide bonds. The van der Waals surface area contributed by atoms with Crippen molar-refractivity contribution in [2.75, 3.05) is 19.5 Å². The van der Waals surface area contributed by atoms with Crippen molar-refractivity contribution in [1.29, 1.82) is 0 Å². The molecule has 2 aromatic carbocycles. The van der Waals surface area contributed by atoms with Crippen molar-refractivity contribution in [3.05, 3.63) is 59.1 Å². The SMILES string of the molecule is COc1ccc(NC(=O)c2csc(-c3ccc(C(C)C)cc3)n2)c(OC)c1. The summed E-state index contributed by atoms with van der Waals surface area (Å²) in [4.78, 5) is 17.1. The van der Waals surface area contributed by atoms with Gasteiger partial charge in [0.05, 0.1) is 19.9 Å². The topological polar surface area (TPSA) is 60.5 Å². The first kappa shape index (κ1) is 18.9. The summed E-state index contributed by atoms with van der Waals surface area (Å²) >= 11 is 1.45. The Bertz CT molecular complexity index is 933. The van der Waals surface area contributed by atoms with Crippen LogP contribution in [0.5, 0.6) is 11.5 Å². The molecule has 0 unspecified atom stereocenters. The summed E-state index contributed by atoms with van der Waals surface area (Å²) in [7, 11) is 3.13. The Labute approximate surface area is 163 Å². The normalized spacial score (nSPS) is 10.7. The van der Waals surface area contributed by atoms with Crippen LogP contribution in [0, 0.1) is 0 Å². The molecule has 140 valence electrons. The minimum Gasteiger partial charge on any atom is -0.497 e. The maximum atomic E-state index is 12.6. The van der Waals surface area contributed by atoms with E-state index in [9.17, 15) is 4.79 Å². The summed E-state index contributed by atoms with van der Waals surface area (Å²) in [5, 5.41) is 5.42. The van der Waals surface area contributed by atoms with Crippen molar-refractivity contribution >= 4 is 22.9 Å². The number of amides is 1. The minimum absolute atomic E-state index is 0.278. The molecular weight excluding hydrogens is 360 g/mol. The lowest BCUT2D eigenvalue weighted by Crippen LogP contribution is -2.13. The van der Waals surface area contributed by atoms with Gasteiger partial charge in [0.25, 0.3) is 5.91 Å². The Morgan fingerprint density at radius 2 is 1.81 bits per heavy atom. The Balaban J connectivity index is 1.77. The first-order valence-corrected chi connectivity index (χ1v) is 9.49. The maximum absolute atomic E-state index is 12.6. The molecule has 0 atom stereocenters. The molecule has 0 aliphatic carbocycles. The van der Waals surface area contributed by atoms with E-state index in [0.717, 1.165) is 10.6 Å². The van der Waals surface area contributed by atoms with Gasteiger partial charge in [-0.1, -0.05) is 38.1 Å². The second-order valence-electron chi connectivity index (χ2n) is 6.33. The Hall–Kier alpha value is -2.86. The van der Waals surface area contributed by atoms with Gasteiger partial charge in [0.15, 0.2) is 0 Å². The summed E-state index contributed by atoms with van der Waals surface area (Å²) in [6.07, 6.45) is 0. The lowest BCUT2D eigenvalue weighted by molar-refractivity contribution is 0.102. The number of nitrogens with zero attached hydrogens (tertiary/aromatic N) is 1.